The Balaban J connectivity index is 2.35. The topological polar surface area (TPSA) is 46.5 Å². The van der Waals surface area contributed by atoms with Gasteiger partial charge in [0.2, 0.25) is 0 Å². The van der Waals surface area contributed by atoms with Gasteiger partial charge in [0.1, 0.15) is 5.75 Å². The summed E-state index contributed by atoms with van der Waals surface area (Å²) < 4.78 is 5.54. The Labute approximate surface area is 88.0 Å². The van der Waals surface area contributed by atoms with Gasteiger partial charge in [-0.1, -0.05) is 18.2 Å². The Morgan fingerprint density at radius 3 is 3.13 bits per heavy atom. The molecule has 0 amide bonds. The minimum Gasteiger partial charge on any atom is -0.493 e. The van der Waals surface area contributed by atoms with E-state index in [2.05, 4.69) is 0 Å². The molecule has 78 valence electrons. The van der Waals surface area contributed by atoms with Crippen LogP contribution in [0, 0.1) is 0 Å². The summed E-state index contributed by atoms with van der Waals surface area (Å²) in [6.07, 6.45) is 4.74. The third-order valence-corrected chi connectivity index (χ3v) is 2.37. The highest BCUT2D eigenvalue weighted by Crippen LogP contribution is 2.29. The monoisotopic (exact) mass is 204 g/mol. The molecule has 15 heavy (non-hydrogen) atoms. The lowest BCUT2D eigenvalue weighted by molar-refractivity contribution is -0.131. The second-order valence-electron chi connectivity index (χ2n) is 3.46. The highest BCUT2D eigenvalue weighted by molar-refractivity contribution is 5.86. The Morgan fingerprint density at radius 2 is 2.33 bits per heavy atom. The van der Waals surface area contributed by atoms with Crippen molar-refractivity contribution in [2.45, 2.75) is 12.8 Å². The Kier molecular flexibility index (Phi) is 2.72. The van der Waals surface area contributed by atoms with Crippen LogP contribution >= 0.6 is 0 Å². The van der Waals surface area contributed by atoms with Gasteiger partial charge in [-0.2, -0.15) is 0 Å². The lowest BCUT2D eigenvalue weighted by atomic mass is 10.0. The van der Waals surface area contributed by atoms with Crippen molar-refractivity contribution in [1.29, 1.82) is 0 Å². The summed E-state index contributed by atoms with van der Waals surface area (Å²) in [6, 6.07) is 5.81. The molecule has 0 aliphatic carbocycles. The lowest BCUT2D eigenvalue weighted by Crippen LogP contribution is -2.09. The van der Waals surface area contributed by atoms with Crippen LogP contribution < -0.4 is 4.74 Å². The Hall–Kier alpha value is -1.77. The number of para-hydroxylation sites is 1. The molecular formula is C12H12O3. The molecule has 2 rings (SSSR count). The zero-order valence-corrected chi connectivity index (χ0v) is 8.27. The molecule has 0 saturated carbocycles. The SMILES string of the molecule is O=C(O)/C=C/c1cccc2c1OCCC2. The molecule has 1 aliphatic heterocycles. The molecule has 0 radical (unpaired) electrons. The van der Waals surface area contributed by atoms with Crippen molar-refractivity contribution >= 4 is 12.0 Å². The van der Waals surface area contributed by atoms with Crippen LogP contribution in [0.2, 0.25) is 0 Å². The van der Waals surface area contributed by atoms with E-state index in [0.29, 0.717) is 6.61 Å². The quantitative estimate of drug-likeness (QED) is 0.750. The lowest BCUT2D eigenvalue weighted by Gasteiger charge is -2.18. The van der Waals surface area contributed by atoms with Crippen molar-refractivity contribution in [2.24, 2.45) is 0 Å². The molecule has 1 aromatic carbocycles. The van der Waals surface area contributed by atoms with E-state index in [1.54, 1.807) is 6.08 Å². The molecule has 0 bridgehead atoms. The third-order valence-electron chi connectivity index (χ3n) is 2.37. The van der Waals surface area contributed by atoms with Gasteiger partial charge in [0.15, 0.2) is 0 Å². The maximum Gasteiger partial charge on any atom is 0.328 e. The van der Waals surface area contributed by atoms with Crippen molar-refractivity contribution in [3.05, 3.63) is 35.4 Å². The van der Waals surface area contributed by atoms with Crippen LogP contribution in [0.4, 0.5) is 0 Å². The van der Waals surface area contributed by atoms with Crippen molar-refractivity contribution in [3.63, 3.8) is 0 Å². The van der Waals surface area contributed by atoms with Crippen LogP contribution in [0.3, 0.4) is 0 Å². The molecule has 0 saturated heterocycles. The van der Waals surface area contributed by atoms with Gasteiger partial charge in [-0.25, -0.2) is 4.79 Å². The minimum atomic E-state index is -0.941. The maximum atomic E-state index is 10.4. The van der Waals surface area contributed by atoms with Crippen LogP contribution in [0.5, 0.6) is 5.75 Å². The molecule has 0 unspecified atom stereocenters. The van der Waals surface area contributed by atoms with Gasteiger partial charge < -0.3 is 9.84 Å². The highest BCUT2D eigenvalue weighted by atomic mass is 16.5. The van der Waals surface area contributed by atoms with Crippen LogP contribution in [-0.4, -0.2) is 17.7 Å². The summed E-state index contributed by atoms with van der Waals surface area (Å²) in [6.45, 7) is 0.713. The molecule has 1 aromatic rings. The Bertz CT molecular complexity index is 407. The molecule has 0 aromatic heterocycles. The number of benzene rings is 1. The maximum absolute atomic E-state index is 10.4. The average molecular weight is 204 g/mol. The van der Waals surface area contributed by atoms with Gasteiger partial charge in [0.25, 0.3) is 0 Å². The van der Waals surface area contributed by atoms with Gasteiger partial charge in [-0.15, -0.1) is 0 Å². The molecular weight excluding hydrogens is 192 g/mol. The zero-order valence-electron chi connectivity index (χ0n) is 8.27. The van der Waals surface area contributed by atoms with Gasteiger partial charge in [-0.3, -0.25) is 0 Å². The summed E-state index contributed by atoms with van der Waals surface area (Å²) >= 11 is 0. The second-order valence-corrected chi connectivity index (χ2v) is 3.46. The first kappa shape index (κ1) is 9.77. The molecule has 1 heterocycles. The molecule has 0 fully saturated rings. The summed E-state index contributed by atoms with van der Waals surface area (Å²) in [5.41, 5.74) is 2.00. The number of fused-ring (bicyclic) bond motifs is 1. The van der Waals surface area contributed by atoms with Crippen molar-refractivity contribution in [1.82, 2.24) is 0 Å². The summed E-state index contributed by atoms with van der Waals surface area (Å²) in [5, 5.41) is 8.55. The largest absolute Gasteiger partial charge is 0.493 e. The van der Waals surface area contributed by atoms with Crippen LogP contribution in [-0.2, 0) is 11.2 Å². The van der Waals surface area contributed by atoms with E-state index >= 15 is 0 Å². The number of hydrogen-bond acceptors (Lipinski definition) is 2. The summed E-state index contributed by atoms with van der Waals surface area (Å²) in [4.78, 5) is 10.4. The molecule has 3 nitrogen and oxygen atoms in total. The first-order valence-electron chi connectivity index (χ1n) is 4.93. The van der Waals surface area contributed by atoms with Crippen LogP contribution in [0.1, 0.15) is 17.5 Å². The van der Waals surface area contributed by atoms with E-state index < -0.39 is 5.97 Å². The fourth-order valence-corrected chi connectivity index (χ4v) is 1.71. The second kappa shape index (κ2) is 4.17. The number of aryl methyl sites for hydroxylation is 1. The van der Waals surface area contributed by atoms with Gasteiger partial charge in [0.05, 0.1) is 6.61 Å². The van der Waals surface area contributed by atoms with E-state index in [9.17, 15) is 4.79 Å². The van der Waals surface area contributed by atoms with Gasteiger partial charge >= 0.3 is 5.97 Å². The number of hydrogen-bond donors (Lipinski definition) is 1. The molecule has 0 atom stereocenters. The zero-order chi connectivity index (χ0) is 10.7. The fraction of sp³-hybridized carbons (Fsp3) is 0.250. The normalized spacial score (nSPS) is 14.7. The smallest absolute Gasteiger partial charge is 0.328 e. The first-order chi connectivity index (χ1) is 7.27. The van der Waals surface area contributed by atoms with Crippen molar-refractivity contribution in [3.8, 4) is 5.75 Å². The summed E-state index contributed by atoms with van der Waals surface area (Å²) in [7, 11) is 0. The van der Waals surface area contributed by atoms with E-state index in [1.165, 1.54) is 0 Å². The van der Waals surface area contributed by atoms with E-state index in [4.69, 9.17) is 9.84 Å². The van der Waals surface area contributed by atoms with Crippen molar-refractivity contribution < 1.29 is 14.6 Å². The molecule has 0 spiro atoms. The molecule has 3 heteroatoms. The van der Waals surface area contributed by atoms with Crippen LogP contribution in [0.15, 0.2) is 24.3 Å². The van der Waals surface area contributed by atoms with Crippen molar-refractivity contribution in [2.75, 3.05) is 6.61 Å². The summed E-state index contributed by atoms with van der Waals surface area (Å²) in [5.74, 6) is -0.107. The first-order valence-corrected chi connectivity index (χ1v) is 4.93. The Morgan fingerprint density at radius 1 is 1.47 bits per heavy atom. The number of aliphatic carboxylic acids is 1. The van der Waals surface area contributed by atoms with Crippen LogP contribution in [0.25, 0.3) is 6.08 Å². The van der Waals surface area contributed by atoms with Gasteiger partial charge in [-0.05, 0) is 24.5 Å². The average Bonchev–Trinajstić information content (AvgIpc) is 2.26. The molecule has 1 aliphatic rings. The minimum absolute atomic E-state index is 0.713. The highest BCUT2D eigenvalue weighted by Gasteiger charge is 2.12. The van der Waals surface area contributed by atoms with E-state index in [-0.39, 0.29) is 0 Å². The predicted molar refractivity (Wildman–Crippen MR) is 56.9 cm³/mol. The number of carbonyl (C=O) groups is 1. The van der Waals surface area contributed by atoms with E-state index in [0.717, 1.165) is 35.8 Å². The number of rotatable bonds is 2. The fourth-order valence-electron chi connectivity index (χ4n) is 1.71. The van der Waals surface area contributed by atoms with E-state index in [1.807, 2.05) is 18.2 Å². The predicted octanol–water partition coefficient (Wildman–Crippen LogP) is 2.11. The standard InChI is InChI=1S/C12H12O3/c13-11(14)7-6-10-4-1-3-9-5-2-8-15-12(9)10/h1,3-4,6-7H,2,5,8H2,(H,13,14)/b7-6+. The third kappa shape index (κ3) is 2.18. The number of ether oxygens (including phenoxy) is 1. The van der Waals surface area contributed by atoms with Gasteiger partial charge in [0, 0.05) is 11.6 Å². The number of carboxylic acids is 1. The molecule has 1 N–H and O–H groups in total. The number of carboxylic acid groups (broad SMARTS) is 1.